The quantitative estimate of drug-likeness (QED) is 0.866. The molecule has 1 aromatic rings. The Labute approximate surface area is 109 Å². The van der Waals surface area contributed by atoms with Crippen LogP contribution in [0.25, 0.3) is 0 Å². The minimum Gasteiger partial charge on any atom is -0.324 e. The van der Waals surface area contributed by atoms with E-state index in [4.69, 9.17) is 17.3 Å². The van der Waals surface area contributed by atoms with Gasteiger partial charge in [0.2, 0.25) is 0 Å². The van der Waals surface area contributed by atoms with E-state index in [-0.39, 0.29) is 29.4 Å². The molecule has 0 saturated heterocycles. The molecule has 0 amide bonds. The van der Waals surface area contributed by atoms with Crippen LogP contribution in [0.4, 0.5) is 13.2 Å². The van der Waals surface area contributed by atoms with Crippen LogP contribution < -0.4 is 5.73 Å². The molecule has 1 aliphatic carbocycles. The van der Waals surface area contributed by atoms with Crippen LogP contribution >= 0.6 is 24.0 Å². The maximum Gasteiger partial charge on any atom is 0.417 e. The molecule has 1 saturated carbocycles. The van der Waals surface area contributed by atoms with Gasteiger partial charge < -0.3 is 5.73 Å². The van der Waals surface area contributed by atoms with Crippen LogP contribution in [-0.2, 0) is 6.18 Å². The summed E-state index contributed by atoms with van der Waals surface area (Å²) in [6.45, 7) is 0. The van der Waals surface area contributed by atoms with Gasteiger partial charge in [-0.2, -0.15) is 13.2 Å². The minimum absolute atomic E-state index is 0. The van der Waals surface area contributed by atoms with Crippen LogP contribution in [-0.4, -0.2) is 0 Å². The van der Waals surface area contributed by atoms with Gasteiger partial charge in [0.25, 0.3) is 0 Å². The zero-order chi connectivity index (χ0) is 11.9. The van der Waals surface area contributed by atoms with Gasteiger partial charge in [0, 0.05) is 6.04 Å². The summed E-state index contributed by atoms with van der Waals surface area (Å²) in [6, 6.07) is 3.52. The predicted octanol–water partition coefficient (Wildman–Crippen LogP) is 4.19. The third-order valence-electron chi connectivity index (χ3n) is 2.82. The van der Waals surface area contributed by atoms with E-state index in [0.717, 1.165) is 18.9 Å². The molecule has 0 unspecified atom stereocenters. The highest BCUT2D eigenvalue weighted by Crippen LogP contribution is 2.44. The number of benzene rings is 1. The maximum atomic E-state index is 12.6. The van der Waals surface area contributed by atoms with Crippen molar-refractivity contribution in [3.63, 3.8) is 0 Å². The second-order valence-corrected chi connectivity index (χ2v) is 4.45. The van der Waals surface area contributed by atoms with Gasteiger partial charge in [0.15, 0.2) is 0 Å². The molecule has 0 radical (unpaired) electrons. The molecule has 2 N–H and O–H groups in total. The third kappa shape index (κ3) is 3.06. The molecule has 1 atom stereocenters. The van der Waals surface area contributed by atoms with Gasteiger partial charge in [-0.05, 0) is 30.4 Å². The Kier molecular flexibility index (Phi) is 4.33. The second kappa shape index (κ2) is 5.04. The number of nitrogens with two attached hydrogens (primary N) is 1. The Hall–Kier alpha value is -0.450. The highest BCUT2D eigenvalue weighted by Gasteiger charge is 2.36. The van der Waals surface area contributed by atoms with Gasteiger partial charge in [0.1, 0.15) is 0 Å². The van der Waals surface area contributed by atoms with Crippen LogP contribution in [0.5, 0.6) is 0 Å². The Balaban J connectivity index is 0.00000144. The summed E-state index contributed by atoms with van der Waals surface area (Å²) in [5.41, 5.74) is 5.46. The van der Waals surface area contributed by atoms with Crippen LogP contribution in [0, 0.1) is 5.92 Å². The molecule has 17 heavy (non-hydrogen) atoms. The van der Waals surface area contributed by atoms with Gasteiger partial charge in [-0.15, -0.1) is 12.4 Å². The van der Waals surface area contributed by atoms with Gasteiger partial charge in [-0.3, -0.25) is 0 Å². The molecular weight excluding hydrogens is 274 g/mol. The van der Waals surface area contributed by atoms with Crippen molar-refractivity contribution in [1.82, 2.24) is 0 Å². The topological polar surface area (TPSA) is 26.0 Å². The number of halogens is 5. The van der Waals surface area contributed by atoms with Crippen molar-refractivity contribution in [2.75, 3.05) is 0 Å². The van der Waals surface area contributed by atoms with Crippen molar-refractivity contribution in [3.05, 3.63) is 34.3 Å². The van der Waals surface area contributed by atoms with Crippen LogP contribution in [0.1, 0.15) is 30.0 Å². The fraction of sp³-hybridized carbons (Fsp3) is 0.455. The predicted molar refractivity (Wildman–Crippen MR) is 63.4 cm³/mol. The molecule has 1 aliphatic rings. The van der Waals surface area contributed by atoms with Crippen LogP contribution in [0.3, 0.4) is 0 Å². The molecule has 6 heteroatoms. The van der Waals surface area contributed by atoms with Crippen molar-refractivity contribution < 1.29 is 13.2 Å². The number of rotatable bonds is 2. The van der Waals surface area contributed by atoms with Crippen molar-refractivity contribution in [2.24, 2.45) is 11.7 Å². The third-order valence-corrected chi connectivity index (χ3v) is 3.24. The summed E-state index contributed by atoms with van der Waals surface area (Å²) in [7, 11) is 0. The highest BCUT2D eigenvalue weighted by molar-refractivity contribution is 6.32. The zero-order valence-corrected chi connectivity index (χ0v) is 10.4. The molecule has 0 aliphatic heterocycles. The van der Waals surface area contributed by atoms with Gasteiger partial charge >= 0.3 is 6.18 Å². The summed E-state index contributed by atoms with van der Waals surface area (Å²) >= 11 is 5.76. The van der Waals surface area contributed by atoms with Crippen molar-refractivity contribution in [3.8, 4) is 0 Å². The first-order chi connectivity index (χ1) is 7.41. The van der Waals surface area contributed by atoms with E-state index in [1.54, 1.807) is 6.07 Å². The molecule has 1 aromatic carbocycles. The van der Waals surface area contributed by atoms with Crippen LogP contribution in [0.15, 0.2) is 18.2 Å². The fourth-order valence-corrected chi connectivity index (χ4v) is 2.09. The smallest absolute Gasteiger partial charge is 0.324 e. The molecule has 96 valence electrons. The first-order valence-corrected chi connectivity index (χ1v) is 5.40. The summed E-state index contributed by atoms with van der Waals surface area (Å²) in [5.74, 6) is 0.279. The Bertz CT molecular complexity index is 402. The van der Waals surface area contributed by atoms with E-state index < -0.39 is 11.7 Å². The maximum absolute atomic E-state index is 12.6. The molecule has 0 bridgehead atoms. The first-order valence-electron chi connectivity index (χ1n) is 5.02. The van der Waals surface area contributed by atoms with E-state index in [9.17, 15) is 13.2 Å². The molecular formula is C11H12Cl2F3N. The lowest BCUT2D eigenvalue weighted by Crippen LogP contribution is -2.15. The van der Waals surface area contributed by atoms with Gasteiger partial charge in [-0.25, -0.2) is 0 Å². The molecule has 0 aromatic heterocycles. The summed E-state index contributed by atoms with van der Waals surface area (Å²) in [5, 5.41) is -0.255. The SMILES string of the molecule is Cl.N[C@H](c1cccc(C(F)(F)F)c1Cl)C1CC1. The zero-order valence-electron chi connectivity index (χ0n) is 8.80. The summed E-state index contributed by atoms with van der Waals surface area (Å²) in [4.78, 5) is 0. The highest BCUT2D eigenvalue weighted by atomic mass is 35.5. The van der Waals surface area contributed by atoms with Crippen molar-refractivity contribution in [1.29, 1.82) is 0 Å². The second-order valence-electron chi connectivity index (χ2n) is 4.07. The van der Waals surface area contributed by atoms with E-state index in [1.165, 1.54) is 6.07 Å². The summed E-state index contributed by atoms with van der Waals surface area (Å²) < 4.78 is 37.8. The van der Waals surface area contributed by atoms with E-state index in [2.05, 4.69) is 0 Å². The first kappa shape index (κ1) is 14.6. The Morgan fingerprint density at radius 1 is 1.29 bits per heavy atom. The Morgan fingerprint density at radius 2 is 1.88 bits per heavy atom. The lowest BCUT2D eigenvalue weighted by Gasteiger charge is -2.16. The summed E-state index contributed by atoms with van der Waals surface area (Å²) in [6.07, 6.45) is -2.49. The Morgan fingerprint density at radius 3 is 2.35 bits per heavy atom. The number of hydrogen-bond acceptors (Lipinski definition) is 1. The average Bonchev–Trinajstić information content (AvgIpc) is 2.98. The number of hydrogen-bond donors (Lipinski definition) is 1. The van der Waals surface area contributed by atoms with Gasteiger partial charge in [0.05, 0.1) is 10.6 Å². The number of alkyl halides is 3. The lowest BCUT2D eigenvalue weighted by molar-refractivity contribution is -0.137. The normalized spacial score (nSPS) is 17.5. The van der Waals surface area contributed by atoms with E-state index in [0.29, 0.717) is 5.56 Å². The van der Waals surface area contributed by atoms with E-state index in [1.807, 2.05) is 0 Å². The van der Waals surface area contributed by atoms with E-state index >= 15 is 0 Å². The monoisotopic (exact) mass is 285 g/mol. The molecule has 1 nitrogen and oxygen atoms in total. The van der Waals surface area contributed by atoms with Crippen LogP contribution in [0.2, 0.25) is 5.02 Å². The fourth-order valence-electron chi connectivity index (χ4n) is 1.74. The van der Waals surface area contributed by atoms with Crippen molar-refractivity contribution >= 4 is 24.0 Å². The molecule has 1 fully saturated rings. The lowest BCUT2D eigenvalue weighted by atomic mass is 10.0. The standard InChI is InChI=1S/C11H11ClF3N.ClH/c12-9-7(10(16)6-4-5-6)2-1-3-8(9)11(13,14)15;/h1-3,6,10H,4-5,16H2;1H/t10-;/m0./s1. The molecule has 0 spiro atoms. The average molecular weight is 286 g/mol. The minimum atomic E-state index is -4.42. The largest absolute Gasteiger partial charge is 0.417 e. The molecule has 0 heterocycles. The van der Waals surface area contributed by atoms with Gasteiger partial charge in [-0.1, -0.05) is 23.7 Å². The van der Waals surface area contributed by atoms with Crippen molar-refractivity contribution in [2.45, 2.75) is 25.1 Å². The molecule has 2 rings (SSSR count).